The van der Waals surface area contributed by atoms with Gasteiger partial charge in [0, 0.05) is 33.9 Å². The van der Waals surface area contributed by atoms with Crippen LogP contribution >= 0.6 is 23.2 Å². The van der Waals surface area contributed by atoms with Crippen LogP contribution in [0.5, 0.6) is 5.75 Å². The summed E-state index contributed by atoms with van der Waals surface area (Å²) in [6.45, 7) is 3.18. The van der Waals surface area contributed by atoms with Gasteiger partial charge in [-0.2, -0.15) is 0 Å². The largest absolute Gasteiger partial charge is 0.497 e. The van der Waals surface area contributed by atoms with Crippen molar-refractivity contribution in [2.45, 2.75) is 25.4 Å². The minimum atomic E-state index is -0.145. The van der Waals surface area contributed by atoms with Gasteiger partial charge in [0.1, 0.15) is 5.75 Å². The molecule has 1 saturated heterocycles. The lowest BCUT2D eigenvalue weighted by atomic mass is 9.96. The smallest absolute Gasteiger partial charge is 0.119 e. The molecule has 0 saturated carbocycles. The number of hydrogen-bond donors (Lipinski definition) is 1. The van der Waals surface area contributed by atoms with Crippen molar-refractivity contribution in [1.29, 1.82) is 0 Å². The normalized spacial score (nSPS) is 14.9. The molecule has 4 aromatic rings. The number of methoxy groups -OCH3 is 1. The first kappa shape index (κ1) is 23.0. The molecule has 0 amide bonds. The van der Waals surface area contributed by atoms with Crippen molar-refractivity contribution < 1.29 is 4.74 Å². The number of ether oxygens (including phenoxy) is 1. The molecular weight excluding hydrogens is 465 g/mol. The minimum absolute atomic E-state index is 0.145. The van der Waals surface area contributed by atoms with E-state index < -0.39 is 0 Å². The second kappa shape index (κ2) is 10.2. The Hall–Kier alpha value is -2.79. The molecule has 3 aromatic carbocycles. The van der Waals surface area contributed by atoms with Crippen LogP contribution in [0.15, 0.2) is 72.9 Å². The fourth-order valence-electron chi connectivity index (χ4n) is 4.63. The predicted octanol–water partition coefficient (Wildman–Crippen LogP) is 7.35. The van der Waals surface area contributed by atoms with Crippen molar-refractivity contribution in [2.24, 2.45) is 0 Å². The summed E-state index contributed by atoms with van der Waals surface area (Å²) in [6, 6.07) is 22.1. The van der Waals surface area contributed by atoms with Crippen LogP contribution < -0.4 is 10.1 Å². The topological polar surface area (TPSA) is 37.4 Å². The van der Waals surface area contributed by atoms with E-state index in [1.807, 2.05) is 48.7 Å². The van der Waals surface area contributed by atoms with Gasteiger partial charge in [-0.1, -0.05) is 47.5 Å². The van der Waals surface area contributed by atoms with Gasteiger partial charge in [0.15, 0.2) is 0 Å². The Kier molecular flexibility index (Phi) is 6.91. The van der Waals surface area contributed by atoms with Gasteiger partial charge in [-0.3, -0.25) is 9.88 Å². The van der Waals surface area contributed by atoms with E-state index >= 15 is 0 Å². The Morgan fingerprint density at radius 3 is 2.56 bits per heavy atom. The second-order valence-electron chi connectivity index (χ2n) is 8.71. The van der Waals surface area contributed by atoms with Gasteiger partial charge in [0.25, 0.3) is 0 Å². The molecule has 1 fully saturated rings. The third-order valence-electron chi connectivity index (χ3n) is 6.43. The molecule has 34 heavy (non-hydrogen) atoms. The number of fused-ring (bicyclic) bond motifs is 1. The van der Waals surface area contributed by atoms with E-state index in [-0.39, 0.29) is 6.04 Å². The van der Waals surface area contributed by atoms with Crippen molar-refractivity contribution >= 4 is 39.8 Å². The maximum Gasteiger partial charge on any atom is 0.119 e. The first-order valence-corrected chi connectivity index (χ1v) is 12.3. The Morgan fingerprint density at radius 2 is 1.79 bits per heavy atom. The zero-order valence-corrected chi connectivity index (χ0v) is 20.6. The maximum atomic E-state index is 6.80. The number of aromatic nitrogens is 1. The van der Waals surface area contributed by atoms with Crippen LogP contribution in [0.3, 0.4) is 0 Å². The summed E-state index contributed by atoms with van der Waals surface area (Å²) in [5.74, 6) is 0.789. The van der Waals surface area contributed by atoms with Crippen LogP contribution in [-0.4, -0.2) is 30.1 Å². The highest BCUT2D eigenvalue weighted by molar-refractivity contribution is 6.31. The Morgan fingerprint density at radius 1 is 0.971 bits per heavy atom. The van der Waals surface area contributed by atoms with Crippen molar-refractivity contribution in [1.82, 2.24) is 9.88 Å². The van der Waals surface area contributed by atoms with Crippen molar-refractivity contribution in [3.63, 3.8) is 0 Å². The average Bonchev–Trinajstić information content (AvgIpc) is 3.37. The summed E-state index contributed by atoms with van der Waals surface area (Å²) in [5, 5.41) is 6.21. The molecule has 5 rings (SSSR count). The summed E-state index contributed by atoms with van der Waals surface area (Å²) in [5.41, 5.74) is 5.16. The van der Waals surface area contributed by atoms with Gasteiger partial charge in [0.2, 0.25) is 0 Å². The highest BCUT2D eigenvalue weighted by Gasteiger charge is 2.19. The zero-order chi connectivity index (χ0) is 23.5. The molecule has 6 heteroatoms. The van der Waals surface area contributed by atoms with E-state index in [9.17, 15) is 0 Å². The molecule has 1 aromatic heterocycles. The van der Waals surface area contributed by atoms with E-state index in [1.54, 1.807) is 7.11 Å². The van der Waals surface area contributed by atoms with Gasteiger partial charge >= 0.3 is 0 Å². The van der Waals surface area contributed by atoms with Gasteiger partial charge in [-0.25, -0.2) is 0 Å². The number of halogens is 2. The third kappa shape index (κ3) is 5.00. The first-order valence-electron chi connectivity index (χ1n) is 11.6. The zero-order valence-electron chi connectivity index (χ0n) is 19.1. The number of nitrogens with zero attached hydrogens (tertiary/aromatic N) is 2. The molecule has 1 atom stereocenters. The molecule has 0 radical (unpaired) electrons. The third-order valence-corrected chi connectivity index (χ3v) is 7.02. The van der Waals surface area contributed by atoms with Gasteiger partial charge in [0.05, 0.1) is 18.7 Å². The van der Waals surface area contributed by atoms with Crippen LogP contribution in [0, 0.1) is 0 Å². The van der Waals surface area contributed by atoms with E-state index in [1.165, 1.54) is 12.8 Å². The lowest BCUT2D eigenvalue weighted by molar-refractivity contribution is 0.331. The summed E-state index contributed by atoms with van der Waals surface area (Å²) in [6.07, 6.45) is 4.35. The molecule has 174 valence electrons. The van der Waals surface area contributed by atoms with Crippen molar-refractivity contribution in [3.05, 3.63) is 99.7 Å². The van der Waals surface area contributed by atoms with Crippen LogP contribution in [0.25, 0.3) is 10.9 Å². The summed E-state index contributed by atoms with van der Waals surface area (Å²) >= 11 is 13.2. The second-order valence-corrected chi connectivity index (χ2v) is 9.55. The monoisotopic (exact) mass is 491 g/mol. The number of benzene rings is 3. The highest BCUT2D eigenvalue weighted by Crippen LogP contribution is 2.34. The van der Waals surface area contributed by atoms with Gasteiger partial charge in [-0.15, -0.1) is 0 Å². The number of nitrogens with one attached hydrogen (secondary N) is 1. The van der Waals surface area contributed by atoms with Crippen LogP contribution in [0.4, 0.5) is 5.69 Å². The van der Waals surface area contributed by atoms with E-state index in [4.69, 9.17) is 27.9 Å². The maximum absolute atomic E-state index is 6.80. The van der Waals surface area contributed by atoms with Gasteiger partial charge in [-0.05, 0) is 85.1 Å². The number of pyridine rings is 1. The van der Waals surface area contributed by atoms with E-state index in [2.05, 4.69) is 39.5 Å². The molecule has 1 aliphatic heterocycles. The number of rotatable bonds is 7. The fourth-order valence-corrected chi connectivity index (χ4v) is 5.08. The van der Waals surface area contributed by atoms with Crippen LogP contribution in [0.2, 0.25) is 10.0 Å². The predicted molar refractivity (Wildman–Crippen MR) is 141 cm³/mol. The molecule has 1 aliphatic rings. The quantitative estimate of drug-likeness (QED) is 0.293. The standard InChI is InChI=1S/C28H27Cl2N3O/c1-34-23-9-10-26-24(17-23)27(11-12-31-26)32-28(19-5-4-6-22(29)15-19)20-7-8-21(25(30)16-20)18-33-13-2-3-14-33/h4-12,15-17,28H,2-3,13-14,18H2,1H3,(H,31,32). The Labute approximate surface area is 210 Å². The van der Waals surface area contributed by atoms with Crippen LogP contribution in [0.1, 0.15) is 35.6 Å². The number of anilines is 1. The SMILES string of the molecule is COc1ccc2nccc(NC(c3cccc(Cl)c3)c3ccc(CN4CCCC4)c(Cl)c3)c2c1. The summed E-state index contributed by atoms with van der Waals surface area (Å²) in [4.78, 5) is 6.98. The molecule has 4 nitrogen and oxygen atoms in total. The lowest BCUT2D eigenvalue weighted by Crippen LogP contribution is -2.19. The Balaban J connectivity index is 1.53. The molecule has 0 bridgehead atoms. The van der Waals surface area contributed by atoms with Crippen molar-refractivity contribution in [3.8, 4) is 5.75 Å². The number of hydrogen-bond acceptors (Lipinski definition) is 4. The molecule has 1 N–H and O–H groups in total. The molecular formula is C28H27Cl2N3O. The van der Waals surface area contributed by atoms with E-state index in [0.29, 0.717) is 5.02 Å². The fraction of sp³-hybridized carbons (Fsp3) is 0.250. The molecule has 0 spiro atoms. The number of likely N-dealkylation sites (tertiary alicyclic amines) is 1. The molecule has 2 heterocycles. The average molecular weight is 492 g/mol. The molecule has 1 unspecified atom stereocenters. The summed E-state index contributed by atoms with van der Waals surface area (Å²) < 4.78 is 5.46. The summed E-state index contributed by atoms with van der Waals surface area (Å²) in [7, 11) is 1.67. The highest BCUT2D eigenvalue weighted by atomic mass is 35.5. The van der Waals surface area contributed by atoms with Crippen molar-refractivity contribution in [2.75, 3.05) is 25.5 Å². The minimum Gasteiger partial charge on any atom is -0.497 e. The lowest BCUT2D eigenvalue weighted by Gasteiger charge is -2.24. The van der Waals surface area contributed by atoms with Gasteiger partial charge < -0.3 is 10.1 Å². The molecule has 0 aliphatic carbocycles. The van der Waals surface area contributed by atoms with Crippen LogP contribution in [-0.2, 0) is 6.54 Å². The Bertz CT molecular complexity index is 1300. The van der Waals surface area contributed by atoms with E-state index in [0.717, 1.165) is 63.7 Å². The first-order chi connectivity index (χ1) is 16.6.